The summed E-state index contributed by atoms with van der Waals surface area (Å²) < 4.78 is 10.9. The van der Waals surface area contributed by atoms with Crippen molar-refractivity contribution in [1.29, 1.82) is 0 Å². The number of benzene rings is 1. The molecular formula is C18H27NO2. The molecule has 1 fully saturated rings. The third-order valence-corrected chi connectivity index (χ3v) is 5.05. The first-order valence-corrected chi connectivity index (χ1v) is 8.42. The van der Waals surface area contributed by atoms with Crippen LogP contribution in [-0.2, 0) is 0 Å². The second-order valence-corrected chi connectivity index (χ2v) is 6.48. The van der Waals surface area contributed by atoms with Gasteiger partial charge in [-0.15, -0.1) is 0 Å². The van der Waals surface area contributed by atoms with E-state index in [1.54, 1.807) is 0 Å². The maximum Gasteiger partial charge on any atom is 0.231 e. The third-order valence-electron chi connectivity index (χ3n) is 5.05. The number of fused-ring (bicyclic) bond motifs is 1. The molecule has 1 saturated carbocycles. The maximum absolute atomic E-state index is 5.48. The molecule has 1 aliphatic carbocycles. The number of hydrogen-bond donors (Lipinski definition) is 1. The first kappa shape index (κ1) is 14.7. The first-order valence-electron chi connectivity index (χ1n) is 8.42. The summed E-state index contributed by atoms with van der Waals surface area (Å²) in [4.78, 5) is 0. The Morgan fingerprint density at radius 1 is 1.14 bits per heavy atom. The zero-order valence-corrected chi connectivity index (χ0v) is 13.2. The summed E-state index contributed by atoms with van der Waals surface area (Å²) >= 11 is 0. The summed E-state index contributed by atoms with van der Waals surface area (Å²) in [7, 11) is 0. The van der Waals surface area contributed by atoms with Gasteiger partial charge in [0.15, 0.2) is 11.5 Å². The molecule has 0 aromatic heterocycles. The van der Waals surface area contributed by atoms with Crippen molar-refractivity contribution in [3.8, 4) is 11.5 Å². The minimum absolute atomic E-state index is 0.349. The average Bonchev–Trinajstić information content (AvgIpc) is 2.86. The van der Waals surface area contributed by atoms with Crippen LogP contribution in [0.15, 0.2) is 18.2 Å². The van der Waals surface area contributed by atoms with E-state index in [2.05, 4.69) is 31.3 Å². The van der Waals surface area contributed by atoms with Crippen LogP contribution in [-0.4, -0.2) is 12.8 Å². The Morgan fingerprint density at radius 3 is 2.86 bits per heavy atom. The molecule has 1 aromatic carbocycles. The molecule has 1 aromatic rings. The lowest BCUT2D eigenvalue weighted by molar-refractivity contribution is 0.174. The van der Waals surface area contributed by atoms with Crippen molar-refractivity contribution in [2.45, 2.75) is 64.5 Å². The molecule has 1 N–H and O–H groups in total. The highest BCUT2D eigenvalue weighted by Crippen LogP contribution is 2.34. The molecule has 116 valence electrons. The van der Waals surface area contributed by atoms with E-state index in [9.17, 15) is 0 Å². The number of ether oxygens (including phenoxy) is 2. The quantitative estimate of drug-likeness (QED) is 0.832. The Hall–Kier alpha value is -1.22. The summed E-state index contributed by atoms with van der Waals surface area (Å²) in [6.45, 7) is 4.93. The molecule has 0 spiro atoms. The van der Waals surface area contributed by atoms with E-state index in [4.69, 9.17) is 9.47 Å². The van der Waals surface area contributed by atoms with Crippen LogP contribution in [0.25, 0.3) is 0 Å². The Bertz CT molecular complexity index is 474. The maximum atomic E-state index is 5.48. The Balaban J connectivity index is 1.59. The lowest BCUT2D eigenvalue weighted by Gasteiger charge is -2.22. The molecule has 1 aliphatic heterocycles. The molecule has 0 saturated heterocycles. The van der Waals surface area contributed by atoms with Crippen LogP contribution < -0.4 is 14.8 Å². The molecule has 3 rings (SSSR count). The highest BCUT2D eigenvalue weighted by Gasteiger charge is 2.21. The average molecular weight is 289 g/mol. The van der Waals surface area contributed by atoms with Gasteiger partial charge in [0.25, 0.3) is 0 Å². The van der Waals surface area contributed by atoms with Crippen LogP contribution in [0.2, 0.25) is 0 Å². The minimum atomic E-state index is 0.349. The summed E-state index contributed by atoms with van der Waals surface area (Å²) in [6.07, 6.45) is 8.11. The van der Waals surface area contributed by atoms with E-state index >= 15 is 0 Å². The smallest absolute Gasteiger partial charge is 0.231 e. The van der Waals surface area contributed by atoms with Crippen LogP contribution in [0.3, 0.4) is 0 Å². The van der Waals surface area contributed by atoms with Crippen molar-refractivity contribution in [2.75, 3.05) is 6.79 Å². The zero-order chi connectivity index (χ0) is 14.7. The van der Waals surface area contributed by atoms with Crippen LogP contribution in [0.1, 0.15) is 64.0 Å². The number of nitrogens with one attached hydrogen (secondary N) is 1. The normalized spacial score (nSPS) is 26.4. The molecule has 3 unspecified atom stereocenters. The fourth-order valence-electron chi connectivity index (χ4n) is 3.59. The predicted octanol–water partition coefficient (Wildman–Crippen LogP) is 4.42. The molecule has 1 heterocycles. The van der Waals surface area contributed by atoms with Crippen molar-refractivity contribution in [3.05, 3.63) is 23.8 Å². The van der Waals surface area contributed by atoms with Crippen molar-refractivity contribution < 1.29 is 9.47 Å². The van der Waals surface area contributed by atoms with Gasteiger partial charge in [-0.25, -0.2) is 0 Å². The number of rotatable bonds is 4. The first-order chi connectivity index (χ1) is 10.3. The molecule has 2 aliphatic rings. The van der Waals surface area contributed by atoms with E-state index in [0.29, 0.717) is 18.9 Å². The Morgan fingerprint density at radius 2 is 2.00 bits per heavy atom. The summed E-state index contributed by atoms with van der Waals surface area (Å²) in [5, 5.41) is 3.81. The van der Waals surface area contributed by atoms with Crippen molar-refractivity contribution >= 4 is 0 Å². The van der Waals surface area contributed by atoms with E-state index in [1.807, 2.05) is 6.07 Å². The van der Waals surface area contributed by atoms with Gasteiger partial charge in [-0.3, -0.25) is 0 Å². The van der Waals surface area contributed by atoms with Crippen molar-refractivity contribution in [1.82, 2.24) is 5.32 Å². The van der Waals surface area contributed by atoms with Crippen molar-refractivity contribution in [2.24, 2.45) is 5.92 Å². The topological polar surface area (TPSA) is 30.5 Å². The van der Waals surface area contributed by atoms with Crippen molar-refractivity contribution in [3.63, 3.8) is 0 Å². The Kier molecular flexibility index (Phi) is 4.69. The van der Waals surface area contributed by atoms with Gasteiger partial charge in [0.05, 0.1) is 0 Å². The predicted molar refractivity (Wildman–Crippen MR) is 84.8 cm³/mol. The fraction of sp³-hybridized carbons (Fsp3) is 0.667. The second-order valence-electron chi connectivity index (χ2n) is 6.48. The lowest BCUT2D eigenvalue weighted by Crippen LogP contribution is -2.31. The summed E-state index contributed by atoms with van der Waals surface area (Å²) in [6, 6.07) is 7.31. The summed E-state index contributed by atoms with van der Waals surface area (Å²) in [5.41, 5.74) is 1.29. The van der Waals surface area contributed by atoms with Gasteiger partial charge in [-0.05, 0) is 49.8 Å². The minimum Gasteiger partial charge on any atom is -0.454 e. The van der Waals surface area contributed by atoms with Gasteiger partial charge in [0.2, 0.25) is 6.79 Å². The highest BCUT2D eigenvalue weighted by molar-refractivity contribution is 5.45. The molecule has 3 nitrogen and oxygen atoms in total. The van der Waals surface area contributed by atoms with Gasteiger partial charge in [0, 0.05) is 12.1 Å². The highest BCUT2D eigenvalue weighted by atomic mass is 16.7. The van der Waals surface area contributed by atoms with Crippen LogP contribution in [0.4, 0.5) is 0 Å². The van der Waals surface area contributed by atoms with Crippen LogP contribution in [0.5, 0.6) is 11.5 Å². The standard InChI is InChI=1S/C18H27NO2/c1-3-14-5-4-6-16(9-7-14)19-13(2)15-8-10-17-18(11-15)21-12-20-17/h8,10-11,13-14,16,19H,3-7,9,12H2,1-2H3. The van der Waals surface area contributed by atoms with E-state index in [0.717, 1.165) is 17.4 Å². The van der Waals surface area contributed by atoms with Crippen LogP contribution >= 0.6 is 0 Å². The molecule has 0 bridgehead atoms. The zero-order valence-electron chi connectivity index (χ0n) is 13.2. The summed E-state index contributed by atoms with van der Waals surface area (Å²) in [5.74, 6) is 2.69. The largest absolute Gasteiger partial charge is 0.454 e. The third kappa shape index (κ3) is 3.52. The number of hydrogen-bond acceptors (Lipinski definition) is 3. The lowest BCUT2D eigenvalue weighted by atomic mass is 9.97. The molecule has 3 heteroatoms. The monoisotopic (exact) mass is 289 g/mol. The molecule has 0 radical (unpaired) electrons. The van der Waals surface area contributed by atoms with E-state index in [-0.39, 0.29) is 0 Å². The van der Waals surface area contributed by atoms with Crippen LogP contribution in [0, 0.1) is 5.92 Å². The van der Waals surface area contributed by atoms with Gasteiger partial charge >= 0.3 is 0 Å². The SMILES string of the molecule is CCC1CCCC(NC(C)c2ccc3c(c2)OCO3)CC1. The molecule has 21 heavy (non-hydrogen) atoms. The molecule has 0 amide bonds. The molecular weight excluding hydrogens is 262 g/mol. The Labute approximate surface area is 128 Å². The van der Waals surface area contributed by atoms with Gasteiger partial charge in [-0.1, -0.05) is 32.3 Å². The van der Waals surface area contributed by atoms with Gasteiger partial charge in [0.1, 0.15) is 0 Å². The fourth-order valence-corrected chi connectivity index (χ4v) is 3.59. The second kappa shape index (κ2) is 6.69. The van der Waals surface area contributed by atoms with E-state index < -0.39 is 0 Å². The van der Waals surface area contributed by atoms with Gasteiger partial charge in [-0.2, -0.15) is 0 Å². The van der Waals surface area contributed by atoms with E-state index in [1.165, 1.54) is 44.1 Å². The molecule has 3 atom stereocenters. The van der Waals surface area contributed by atoms with Gasteiger partial charge < -0.3 is 14.8 Å².